The van der Waals surface area contributed by atoms with Gasteiger partial charge in [-0.3, -0.25) is 0 Å². The number of ether oxygens (including phenoxy) is 1. The third-order valence-corrected chi connectivity index (χ3v) is 2.45. The fourth-order valence-electron chi connectivity index (χ4n) is 1.85. The Balaban J connectivity index is 3.51. The van der Waals surface area contributed by atoms with Gasteiger partial charge in [-0.25, -0.2) is 8.78 Å². The predicted molar refractivity (Wildman–Crippen MR) is 57.9 cm³/mol. The molecule has 0 heterocycles. The Morgan fingerprint density at radius 1 is 1.31 bits per heavy atom. The van der Waals surface area contributed by atoms with Crippen molar-refractivity contribution in [1.82, 2.24) is 0 Å². The van der Waals surface area contributed by atoms with Crippen molar-refractivity contribution in [1.29, 1.82) is 0 Å². The van der Waals surface area contributed by atoms with Gasteiger partial charge in [0.05, 0.1) is 18.3 Å². The molecule has 0 saturated carbocycles. The summed E-state index contributed by atoms with van der Waals surface area (Å²) in [6.45, 7) is 4.85. The summed E-state index contributed by atoms with van der Waals surface area (Å²) in [5, 5.41) is 9.96. The Bertz CT molecular complexity index is 381. The standard InChI is InChI=1S/C12H16F2O2/c1-7-5-6-8(11(13)14)10(16-4)9(7)12(2,3)15/h5-6,11,15H,1-4H3. The van der Waals surface area contributed by atoms with Gasteiger partial charge < -0.3 is 9.84 Å². The van der Waals surface area contributed by atoms with E-state index in [2.05, 4.69) is 0 Å². The van der Waals surface area contributed by atoms with Crippen LogP contribution in [0.3, 0.4) is 0 Å². The number of benzene rings is 1. The van der Waals surface area contributed by atoms with E-state index in [4.69, 9.17) is 4.74 Å². The predicted octanol–water partition coefficient (Wildman–Crippen LogP) is 3.17. The molecule has 0 spiro atoms. The second kappa shape index (κ2) is 4.37. The highest BCUT2D eigenvalue weighted by Gasteiger charge is 2.27. The quantitative estimate of drug-likeness (QED) is 0.864. The molecular weight excluding hydrogens is 214 g/mol. The molecule has 90 valence electrons. The molecule has 0 atom stereocenters. The first-order chi connectivity index (χ1) is 7.29. The average molecular weight is 230 g/mol. The zero-order valence-electron chi connectivity index (χ0n) is 9.84. The van der Waals surface area contributed by atoms with Crippen molar-refractivity contribution in [3.8, 4) is 5.75 Å². The molecule has 0 aliphatic heterocycles. The summed E-state index contributed by atoms with van der Waals surface area (Å²) >= 11 is 0. The molecule has 0 aromatic heterocycles. The molecule has 0 amide bonds. The van der Waals surface area contributed by atoms with E-state index >= 15 is 0 Å². The normalized spacial score (nSPS) is 12.0. The Labute approximate surface area is 93.9 Å². The van der Waals surface area contributed by atoms with Crippen LogP contribution in [0.4, 0.5) is 8.78 Å². The zero-order valence-corrected chi connectivity index (χ0v) is 9.84. The minimum atomic E-state index is -2.61. The van der Waals surface area contributed by atoms with Crippen molar-refractivity contribution in [3.63, 3.8) is 0 Å². The van der Waals surface area contributed by atoms with E-state index in [1.54, 1.807) is 26.8 Å². The van der Waals surface area contributed by atoms with Gasteiger partial charge in [-0.05, 0) is 32.4 Å². The fourth-order valence-corrected chi connectivity index (χ4v) is 1.85. The van der Waals surface area contributed by atoms with Gasteiger partial charge in [-0.1, -0.05) is 6.07 Å². The third-order valence-electron chi connectivity index (χ3n) is 2.45. The van der Waals surface area contributed by atoms with Gasteiger partial charge >= 0.3 is 0 Å². The monoisotopic (exact) mass is 230 g/mol. The molecule has 0 unspecified atom stereocenters. The molecule has 0 fully saturated rings. The van der Waals surface area contributed by atoms with E-state index in [1.807, 2.05) is 0 Å². The van der Waals surface area contributed by atoms with Crippen LogP contribution in [0, 0.1) is 6.92 Å². The maximum absolute atomic E-state index is 12.8. The summed E-state index contributed by atoms with van der Waals surface area (Å²) in [4.78, 5) is 0. The molecule has 0 saturated heterocycles. The summed E-state index contributed by atoms with van der Waals surface area (Å²) < 4.78 is 30.5. The van der Waals surface area contributed by atoms with Gasteiger partial charge in [0.1, 0.15) is 5.75 Å². The number of halogens is 2. The number of alkyl halides is 2. The zero-order chi connectivity index (χ0) is 12.5. The van der Waals surface area contributed by atoms with Gasteiger partial charge in [-0.15, -0.1) is 0 Å². The molecule has 0 aliphatic rings. The molecule has 0 radical (unpaired) electrons. The number of aliphatic hydroxyl groups is 1. The summed E-state index contributed by atoms with van der Waals surface area (Å²) in [7, 11) is 1.33. The average Bonchev–Trinajstić information content (AvgIpc) is 2.14. The molecule has 1 rings (SSSR count). The molecular formula is C12H16F2O2. The molecule has 0 bridgehead atoms. The minimum Gasteiger partial charge on any atom is -0.496 e. The van der Waals surface area contributed by atoms with Gasteiger partial charge in [0, 0.05) is 5.56 Å². The maximum Gasteiger partial charge on any atom is 0.267 e. The van der Waals surface area contributed by atoms with Crippen molar-refractivity contribution in [2.24, 2.45) is 0 Å². The summed E-state index contributed by atoms with van der Waals surface area (Å²) in [5.41, 5.74) is -0.257. The largest absolute Gasteiger partial charge is 0.496 e. The maximum atomic E-state index is 12.8. The molecule has 1 aromatic rings. The highest BCUT2D eigenvalue weighted by molar-refractivity contribution is 5.49. The van der Waals surface area contributed by atoms with Crippen LogP contribution in [-0.4, -0.2) is 12.2 Å². The number of hydrogen-bond donors (Lipinski definition) is 1. The molecule has 4 heteroatoms. The molecule has 2 nitrogen and oxygen atoms in total. The Hall–Kier alpha value is -1.16. The van der Waals surface area contributed by atoms with Crippen molar-refractivity contribution < 1.29 is 18.6 Å². The number of rotatable bonds is 3. The molecule has 1 aromatic carbocycles. The lowest BCUT2D eigenvalue weighted by molar-refractivity contribution is 0.0736. The van der Waals surface area contributed by atoms with Crippen LogP contribution >= 0.6 is 0 Å². The Morgan fingerprint density at radius 3 is 2.25 bits per heavy atom. The number of aryl methyl sites for hydroxylation is 1. The first-order valence-corrected chi connectivity index (χ1v) is 4.97. The van der Waals surface area contributed by atoms with Crippen LogP contribution < -0.4 is 4.74 Å². The Morgan fingerprint density at radius 2 is 1.88 bits per heavy atom. The van der Waals surface area contributed by atoms with Crippen LogP contribution in [0.2, 0.25) is 0 Å². The molecule has 1 N–H and O–H groups in total. The highest BCUT2D eigenvalue weighted by atomic mass is 19.3. The van der Waals surface area contributed by atoms with Crippen LogP contribution in [-0.2, 0) is 5.60 Å². The van der Waals surface area contributed by atoms with E-state index in [-0.39, 0.29) is 11.3 Å². The van der Waals surface area contributed by atoms with Crippen molar-refractivity contribution in [2.45, 2.75) is 32.8 Å². The second-order valence-electron chi connectivity index (χ2n) is 4.24. The van der Waals surface area contributed by atoms with Gasteiger partial charge in [-0.2, -0.15) is 0 Å². The molecule has 0 aliphatic carbocycles. The summed E-state index contributed by atoms with van der Waals surface area (Å²) in [6.07, 6.45) is -2.61. The summed E-state index contributed by atoms with van der Waals surface area (Å²) in [5.74, 6) is 0.0718. The fraction of sp³-hybridized carbons (Fsp3) is 0.500. The minimum absolute atomic E-state index is 0.0718. The van der Waals surface area contributed by atoms with E-state index in [0.29, 0.717) is 5.56 Å². The van der Waals surface area contributed by atoms with E-state index in [9.17, 15) is 13.9 Å². The van der Waals surface area contributed by atoms with Gasteiger partial charge in [0.2, 0.25) is 0 Å². The van der Waals surface area contributed by atoms with Crippen molar-refractivity contribution in [3.05, 3.63) is 28.8 Å². The Kier molecular flexibility index (Phi) is 3.53. The van der Waals surface area contributed by atoms with Gasteiger partial charge in [0.25, 0.3) is 6.43 Å². The lowest BCUT2D eigenvalue weighted by Gasteiger charge is -2.25. The topological polar surface area (TPSA) is 29.5 Å². The lowest BCUT2D eigenvalue weighted by Crippen LogP contribution is -2.19. The van der Waals surface area contributed by atoms with Crippen molar-refractivity contribution in [2.75, 3.05) is 7.11 Å². The lowest BCUT2D eigenvalue weighted by atomic mass is 9.90. The molecule has 16 heavy (non-hydrogen) atoms. The van der Waals surface area contributed by atoms with E-state index in [1.165, 1.54) is 13.2 Å². The van der Waals surface area contributed by atoms with E-state index < -0.39 is 12.0 Å². The van der Waals surface area contributed by atoms with Crippen LogP contribution in [0.15, 0.2) is 12.1 Å². The second-order valence-corrected chi connectivity index (χ2v) is 4.24. The van der Waals surface area contributed by atoms with Crippen LogP contribution in [0.1, 0.15) is 37.0 Å². The SMILES string of the molecule is COc1c(C(F)F)ccc(C)c1C(C)(C)O. The van der Waals surface area contributed by atoms with Crippen LogP contribution in [0.5, 0.6) is 5.75 Å². The smallest absolute Gasteiger partial charge is 0.267 e. The van der Waals surface area contributed by atoms with Gasteiger partial charge in [0.15, 0.2) is 0 Å². The van der Waals surface area contributed by atoms with E-state index in [0.717, 1.165) is 5.56 Å². The first kappa shape index (κ1) is 12.9. The highest BCUT2D eigenvalue weighted by Crippen LogP contribution is 2.39. The number of hydrogen-bond acceptors (Lipinski definition) is 2. The first-order valence-electron chi connectivity index (χ1n) is 4.97. The summed E-state index contributed by atoms with van der Waals surface area (Å²) in [6, 6.07) is 2.89. The van der Waals surface area contributed by atoms with Crippen LogP contribution in [0.25, 0.3) is 0 Å². The van der Waals surface area contributed by atoms with Crippen molar-refractivity contribution >= 4 is 0 Å². The third kappa shape index (κ3) is 2.32. The number of methoxy groups -OCH3 is 1.